The minimum atomic E-state index is -0.416. The minimum absolute atomic E-state index is 0.0659. The van der Waals surface area contributed by atoms with Gasteiger partial charge in [-0.05, 0) is 32.0 Å². The van der Waals surface area contributed by atoms with Gasteiger partial charge in [-0.25, -0.2) is 4.68 Å². The maximum atomic E-state index is 10.7. The number of hydrogen-bond acceptors (Lipinski definition) is 4. The van der Waals surface area contributed by atoms with Gasteiger partial charge in [0.1, 0.15) is 0 Å². The fraction of sp³-hybridized carbons (Fsp3) is 0.200. The van der Waals surface area contributed by atoms with E-state index in [0.717, 1.165) is 29.2 Å². The van der Waals surface area contributed by atoms with Crippen molar-refractivity contribution in [1.82, 2.24) is 19.6 Å². The Bertz CT molecular complexity index is 817. The highest BCUT2D eigenvalue weighted by molar-refractivity contribution is 5.60. The third kappa shape index (κ3) is 2.48. The largest absolute Gasteiger partial charge is 0.272 e. The lowest BCUT2D eigenvalue weighted by Crippen LogP contribution is -1.96. The molecule has 0 unspecified atom stereocenters. The number of non-ortho nitro benzene ring substituents is 1. The van der Waals surface area contributed by atoms with Gasteiger partial charge in [0.2, 0.25) is 0 Å². The second-order valence-electron chi connectivity index (χ2n) is 4.90. The van der Waals surface area contributed by atoms with Crippen molar-refractivity contribution in [1.29, 1.82) is 0 Å². The molecule has 0 bridgehead atoms. The van der Waals surface area contributed by atoms with Gasteiger partial charge in [0.25, 0.3) is 5.69 Å². The molecule has 0 spiro atoms. The monoisotopic (exact) mass is 297 g/mol. The zero-order valence-electron chi connectivity index (χ0n) is 12.3. The molecule has 7 nitrogen and oxygen atoms in total. The van der Waals surface area contributed by atoms with Crippen LogP contribution < -0.4 is 0 Å². The highest BCUT2D eigenvalue weighted by atomic mass is 16.6. The molecule has 0 atom stereocenters. The van der Waals surface area contributed by atoms with E-state index in [-0.39, 0.29) is 5.69 Å². The van der Waals surface area contributed by atoms with Crippen molar-refractivity contribution in [3.05, 3.63) is 58.5 Å². The van der Waals surface area contributed by atoms with Gasteiger partial charge in [0.15, 0.2) is 0 Å². The number of benzene rings is 1. The number of nitro groups is 1. The lowest BCUT2D eigenvalue weighted by atomic mass is 10.2. The molecule has 0 saturated carbocycles. The third-order valence-corrected chi connectivity index (χ3v) is 3.46. The van der Waals surface area contributed by atoms with Crippen LogP contribution in [0.5, 0.6) is 0 Å². The van der Waals surface area contributed by atoms with Gasteiger partial charge < -0.3 is 0 Å². The van der Waals surface area contributed by atoms with E-state index in [0.29, 0.717) is 0 Å². The van der Waals surface area contributed by atoms with Gasteiger partial charge >= 0.3 is 0 Å². The number of aryl methyl sites for hydroxylation is 2. The van der Waals surface area contributed by atoms with Gasteiger partial charge in [-0.3, -0.25) is 14.8 Å². The smallest absolute Gasteiger partial charge is 0.269 e. The summed E-state index contributed by atoms with van der Waals surface area (Å²) in [6, 6.07) is 8.20. The summed E-state index contributed by atoms with van der Waals surface area (Å²) in [4.78, 5) is 10.3. The molecule has 2 aromatic heterocycles. The Morgan fingerprint density at radius 1 is 1.18 bits per heavy atom. The lowest BCUT2D eigenvalue weighted by Gasteiger charge is -2.00. The second-order valence-corrected chi connectivity index (χ2v) is 4.90. The van der Waals surface area contributed by atoms with Crippen molar-refractivity contribution in [3.8, 4) is 16.9 Å². The van der Waals surface area contributed by atoms with Crippen molar-refractivity contribution in [3.63, 3.8) is 0 Å². The van der Waals surface area contributed by atoms with Gasteiger partial charge in [-0.15, -0.1) is 0 Å². The van der Waals surface area contributed by atoms with Crippen LogP contribution in [0.25, 0.3) is 16.9 Å². The van der Waals surface area contributed by atoms with Crippen LogP contribution >= 0.6 is 0 Å². The molecule has 0 fully saturated rings. The van der Waals surface area contributed by atoms with Crippen molar-refractivity contribution in [2.45, 2.75) is 20.4 Å². The second kappa shape index (κ2) is 5.44. The molecule has 3 aromatic rings. The van der Waals surface area contributed by atoms with E-state index in [1.807, 2.05) is 37.0 Å². The standard InChI is InChI=1S/C15H15N5O2/c1-3-18-10-14(11(2)16-18)15-8-9-19(17-15)12-4-6-13(7-5-12)20(21)22/h4-10H,3H2,1-2H3. The van der Waals surface area contributed by atoms with Crippen LogP contribution in [-0.2, 0) is 6.54 Å². The summed E-state index contributed by atoms with van der Waals surface area (Å²) in [5.41, 5.74) is 3.59. The fourth-order valence-corrected chi connectivity index (χ4v) is 2.27. The van der Waals surface area contributed by atoms with Crippen LogP contribution in [0.15, 0.2) is 42.7 Å². The van der Waals surface area contributed by atoms with Gasteiger partial charge in [-0.2, -0.15) is 10.2 Å². The molecular weight excluding hydrogens is 282 g/mol. The maximum Gasteiger partial charge on any atom is 0.269 e. The van der Waals surface area contributed by atoms with E-state index in [1.165, 1.54) is 12.1 Å². The number of nitro benzene ring substituents is 1. The van der Waals surface area contributed by atoms with E-state index in [4.69, 9.17) is 0 Å². The number of aromatic nitrogens is 4. The number of hydrogen-bond donors (Lipinski definition) is 0. The highest BCUT2D eigenvalue weighted by Crippen LogP contribution is 2.22. The first-order valence-corrected chi connectivity index (χ1v) is 6.93. The first kappa shape index (κ1) is 14.0. The van der Waals surface area contributed by atoms with Crippen LogP contribution in [0.1, 0.15) is 12.6 Å². The third-order valence-electron chi connectivity index (χ3n) is 3.46. The molecule has 22 heavy (non-hydrogen) atoms. The molecule has 0 aliphatic heterocycles. The van der Waals surface area contributed by atoms with Crippen molar-refractivity contribution >= 4 is 5.69 Å². The zero-order chi connectivity index (χ0) is 15.7. The minimum Gasteiger partial charge on any atom is -0.272 e. The SMILES string of the molecule is CCn1cc(-c2ccn(-c3ccc([N+](=O)[O-])cc3)n2)c(C)n1. The summed E-state index contributed by atoms with van der Waals surface area (Å²) >= 11 is 0. The predicted molar refractivity (Wildman–Crippen MR) is 81.9 cm³/mol. The van der Waals surface area contributed by atoms with Crippen molar-refractivity contribution in [2.75, 3.05) is 0 Å². The molecule has 7 heteroatoms. The van der Waals surface area contributed by atoms with Crippen LogP contribution in [0.3, 0.4) is 0 Å². The summed E-state index contributed by atoms with van der Waals surface area (Å²) in [7, 11) is 0. The molecule has 0 radical (unpaired) electrons. The molecule has 0 saturated heterocycles. The van der Waals surface area contributed by atoms with Crippen molar-refractivity contribution in [2.24, 2.45) is 0 Å². The molecule has 0 aliphatic rings. The Kier molecular flexibility index (Phi) is 3.46. The molecular formula is C15H15N5O2. The number of rotatable bonds is 4. The normalized spacial score (nSPS) is 10.8. The Balaban J connectivity index is 1.93. The van der Waals surface area contributed by atoms with Crippen molar-refractivity contribution < 1.29 is 4.92 Å². The van der Waals surface area contributed by atoms with E-state index in [1.54, 1.807) is 16.8 Å². The molecule has 0 N–H and O–H groups in total. The number of nitrogens with zero attached hydrogens (tertiary/aromatic N) is 5. The van der Waals surface area contributed by atoms with E-state index in [2.05, 4.69) is 10.2 Å². The van der Waals surface area contributed by atoms with Crippen LogP contribution in [0, 0.1) is 17.0 Å². The average Bonchev–Trinajstić information content (AvgIpc) is 3.13. The van der Waals surface area contributed by atoms with E-state index < -0.39 is 4.92 Å². The topological polar surface area (TPSA) is 78.8 Å². The van der Waals surface area contributed by atoms with Crippen LogP contribution in [0.2, 0.25) is 0 Å². The summed E-state index contributed by atoms with van der Waals surface area (Å²) in [5.74, 6) is 0. The molecule has 2 heterocycles. The highest BCUT2D eigenvalue weighted by Gasteiger charge is 2.11. The van der Waals surface area contributed by atoms with Crippen LogP contribution in [0.4, 0.5) is 5.69 Å². The molecule has 0 aliphatic carbocycles. The molecule has 3 rings (SSSR count). The average molecular weight is 297 g/mol. The first-order valence-electron chi connectivity index (χ1n) is 6.93. The first-order chi connectivity index (χ1) is 10.6. The van der Waals surface area contributed by atoms with Crippen LogP contribution in [-0.4, -0.2) is 24.5 Å². The lowest BCUT2D eigenvalue weighted by molar-refractivity contribution is -0.384. The van der Waals surface area contributed by atoms with Gasteiger partial charge in [-0.1, -0.05) is 0 Å². The Morgan fingerprint density at radius 3 is 2.50 bits per heavy atom. The summed E-state index contributed by atoms with van der Waals surface area (Å²) in [6.07, 6.45) is 3.80. The van der Waals surface area contributed by atoms with E-state index >= 15 is 0 Å². The Hall–Kier alpha value is -2.96. The molecule has 1 aromatic carbocycles. The molecule has 112 valence electrons. The quantitative estimate of drug-likeness (QED) is 0.548. The zero-order valence-corrected chi connectivity index (χ0v) is 12.3. The summed E-state index contributed by atoms with van der Waals surface area (Å²) < 4.78 is 3.57. The fourth-order valence-electron chi connectivity index (χ4n) is 2.27. The Morgan fingerprint density at radius 2 is 1.91 bits per heavy atom. The Labute approximate surface area is 127 Å². The summed E-state index contributed by atoms with van der Waals surface area (Å²) in [6.45, 7) is 4.79. The maximum absolute atomic E-state index is 10.7. The van der Waals surface area contributed by atoms with E-state index in [9.17, 15) is 10.1 Å². The van der Waals surface area contributed by atoms with Gasteiger partial charge in [0.05, 0.1) is 22.0 Å². The van der Waals surface area contributed by atoms with Gasteiger partial charge in [0, 0.05) is 36.6 Å². The molecule has 0 amide bonds. The summed E-state index contributed by atoms with van der Waals surface area (Å²) in [5, 5.41) is 19.6. The predicted octanol–water partition coefficient (Wildman–Crippen LogP) is 2.97.